The number of ketones is 1. The molecule has 1 aliphatic rings. The molecule has 1 unspecified atom stereocenters. The molecule has 0 aromatic heterocycles. The van der Waals surface area contributed by atoms with E-state index < -0.39 is 11.9 Å². The van der Waals surface area contributed by atoms with Gasteiger partial charge in [0.05, 0.1) is 11.6 Å². The predicted octanol–water partition coefficient (Wildman–Crippen LogP) is 2.98. The second kappa shape index (κ2) is 10.2. The number of rotatable bonds is 8. The number of para-hydroxylation sites is 2. The smallest absolute Gasteiger partial charge is 0.250 e. The Hall–Kier alpha value is -3.84. The first-order valence-corrected chi connectivity index (χ1v) is 11.0. The molecule has 1 heterocycles. The monoisotopic (exact) mass is 444 g/mol. The van der Waals surface area contributed by atoms with Gasteiger partial charge in [0.1, 0.15) is 5.75 Å². The molecule has 1 amide bonds. The fraction of sp³-hybridized carbons (Fsp3) is 0.231. The van der Waals surface area contributed by atoms with Gasteiger partial charge in [-0.3, -0.25) is 14.5 Å². The van der Waals surface area contributed by atoms with Crippen LogP contribution in [0.25, 0.3) is 0 Å². The van der Waals surface area contributed by atoms with Crippen molar-refractivity contribution in [3.05, 3.63) is 90.0 Å². The molecule has 7 nitrogen and oxygen atoms in total. The summed E-state index contributed by atoms with van der Waals surface area (Å²) in [6, 6.07) is 23.2. The summed E-state index contributed by atoms with van der Waals surface area (Å²) in [5.41, 5.74) is 8.12. The first-order valence-electron chi connectivity index (χ1n) is 11.0. The molecule has 0 aliphatic carbocycles. The standard InChI is InChI=1S/C26H28N4O3/c27-26(33)22-11-4-5-12-23(22)28-18-24(25(32)19-7-6-10-21(31)17-19)30-15-13-29(14-16-30)20-8-2-1-3-9-20/h1-12,17,24,28,31H,13-16,18H2,(H2,27,33). The number of nitrogens with two attached hydrogens (primary N) is 1. The van der Waals surface area contributed by atoms with Crippen LogP contribution in [0.5, 0.6) is 5.75 Å². The number of aromatic hydroxyl groups is 1. The summed E-state index contributed by atoms with van der Waals surface area (Å²) in [6.45, 7) is 3.33. The van der Waals surface area contributed by atoms with E-state index in [1.54, 1.807) is 36.4 Å². The zero-order chi connectivity index (χ0) is 23.2. The minimum absolute atomic E-state index is 0.0560. The molecule has 0 saturated carbocycles. The highest BCUT2D eigenvalue weighted by Gasteiger charge is 2.30. The SMILES string of the molecule is NC(=O)c1ccccc1NCC(C(=O)c1cccc(O)c1)N1CCN(c2ccccc2)CC1. The van der Waals surface area contributed by atoms with E-state index in [2.05, 4.69) is 27.2 Å². The molecule has 7 heteroatoms. The van der Waals surface area contributed by atoms with Crippen LogP contribution in [0.15, 0.2) is 78.9 Å². The van der Waals surface area contributed by atoms with Crippen molar-refractivity contribution in [3.8, 4) is 5.75 Å². The lowest BCUT2D eigenvalue weighted by Crippen LogP contribution is -2.55. The van der Waals surface area contributed by atoms with E-state index in [4.69, 9.17) is 5.73 Å². The molecule has 170 valence electrons. The second-order valence-corrected chi connectivity index (χ2v) is 8.08. The highest BCUT2D eigenvalue weighted by atomic mass is 16.3. The molecule has 0 spiro atoms. The molecular weight excluding hydrogens is 416 g/mol. The highest BCUT2D eigenvalue weighted by Crippen LogP contribution is 2.21. The van der Waals surface area contributed by atoms with Crippen LogP contribution in [0, 0.1) is 0 Å². The van der Waals surface area contributed by atoms with Crippen molar-refractivity contribution in [2.24, 2.45) is 5.73 Å². The third-order valence-electron chi connectivity index (χ3n) is 5.99. The minimum Gasteiger partial charge on any atom is -0.508 e. The molecule has 1 atom stereocenters. The van der Waals surface area contributed by atoms with Gasteiger partial charge in [-0.25, -0.2) is 0 Å². The quantitative estimate of drug-likeness (QED) is 0.462. The Morgan fingerprint density at radius 1 is 0.909 bits per heavy atom. The highest BCUT2D eigenvalue weighted by molar-refractivity contribution is 6.01. The Labute approximate surface area is 193 Å². The number of benzene rings is 3. The zero-order valence-corrected chi connectivity index (χ0v) is 18.4. The third-order valence-corrected chi connectivity index (χ3v) is 5.99. The first-order chi connectivity index (χ1) is 16.0. The van der Waals surface area contributed by atoms with Crippen LogP contribution in [0.2, 0.25) is 0 Å². The van der Waals surface area contributed by atoms with Crippen LogP contribution in [0.1, 0.15) is 20.7 Å². The Morgan fingerprint density at radius 2 is 1.61 bits per heavy atom. The molecule has 3 aromatic rings. The van der Waals surface area contributed by atoms with Crippen LogP contribution in [-0.2, 0) is 0 Å². The molecule has 1 saturated heterocycles. The third kappa shape index (κ3) is 5.32. The number of nitrogens with zero attached hydrogens (tertiary/aromatic N) is 2. The fourth-order valence-electron chi connectivity index (χ4n) is 4.23. The summed E-state index contributed by atoms with van der Waals surface area (Å²) in [7, 11) is 0. The Bertz CT molecular complexity index is 1110. The Morgan fingerprint density at radius 3 is 2.30 bits per heavy atom. The fourth-order valence-corrected chi connectivity index (χ4v) is 4.23. The van der Waals surface area contributed by atoms with Crippen LogP contribution in [-0.4, -0.2) is 60.5 Å². The number of carbonyl (C=O) groups is 2. The molecule has 1 fully saturated rings. The average molecular weight is 445 g/mol. The molecule has 1 aliphatic heterocycles. The summed E-state index contributed by atoms with van der Waals surface area (Å²) >= 11 is 0. The van der Waals surface area contributed by atoms with Crippen LogP contribution in [0.3, 0.4) is 0 Å². The summed E-state index contributed by atoms with van der Waals surface area (Å²) in [5, 5.41) is 13.1. The molecule has 4 N–H and O–H groups in total. The van der Waals surface area contributed by atoms with Gasteiger partial charge in [0.2, 0.25) is 0 Å². The zero-order valence-electron chi connectivity index (χ0n) is 18.4. The van der Waals surface area contributed by atoms with E-state index in [1.807, 2.05) is 24.3 Å². The van der Waals surface area contributed by atoms with Gasteiger partial charge in [0.15, 0.2) is 5.78 Å². The minimum atomic E-state index is -0.523. The molecule has 0 radical (unpaired) electrons. The van der Waals surface area contributed by atoms with Gasteiger partial charge in [-0.1, -0.05) is 42.5 Å². The van der Waals surface area contributed by atoms with Crippen molar-refractivity contribution < 1.29 is 14.7 Å². The van der Waals surface area contributed by atoms with E-state index in [9.17, 15) is 14.7 Å². The number of anilines is 2. The van der Waals surface area contributed by atoms with Crippen molar-refractivity contribution in [2.45, 2.75) is 6.04 Å². The van der Waals surface area contributed by atoms with Gasteiger partial charge in [0.25, 0.3) is 5.91 Å². The number of hydrogen-bond donors (Lipinski definition) is 3. The van der Waals surface area contributed by atoms with Crippen molar-refractivity contribution in [3.63, 3.8) is 0 Å². The van der Waals surface area contributed by atoms with E-state index in [0.29, 0.717) is 36.4 Å². The van der Waals surface area contributed by atoms with Crippen LogP contribution in [0.4, 0.5) is 11.4 Å². The van der Waals surface area contributed by atoms with Crippen LogP contribution < -0.4 is 16.0 Å². The van der Waals surface area contributed by atoms with Gasteiger partial charge < -0.3 is 21.1 Å². The summed E-state index contributed by atoms with van der Waals surface area (Å²) in [4.78, 5) is 29.8. The van der Waals surface area contributed by atoms with Crippen molar-refractivity contribution >= 4 is 23.1 Å². The van der Waals surface area contributed by atoms with Crippen molar-refractivity contribution in [1.29, 1.82) is 0 Å². The lowest BCUT2D eigenvalue weighted by atomic mass is 10.0. The van der Waals surface area contributed by atoms with Gasteiger partial charge in [-0.15, -0.1) is 0 Å². The summed E-state index contributed by atoms with van der Waals surface area (Å²) in [5.74, 6) is -0.547. The van der Waals surface area contributed by atoms with E-state index in [0.717, 1.165) is 13.1 Å². The summed E-state index contributed by atoms with van der Waals surface area (Å²) in [6.07, 6.45) is 0. The maximum atomic E-state index is 13.5. The Balaban J connectivity index is 1.53. The second-order valence-electron chi connectivity index (χ2n) is 8.08. The predicted molar refractivity (Wildman–Crippen MR) is 130 cm³/mol. The van der Waals surface area contributed by atoms with Gasteiger partial charge in [0, 0.05) is 49.7 Å². The number of phenols is 1. The number of phenolic OH excluding ortho intramolecular Hbond substituents is 1. The van der Waals surface area contributed by atoms with E-state index in [1.165, 1.54) is 11.8 Å². The summed E-state index contributed by atoms with van der Waals surface area (Å²) < 4.78 is 0. The molecule has 0 bridgehead atoms. The van der Waals surface area contributed by atoms with Gasteiger partial charge >= 0.3 is 0 Å². The van der Waals surface area contributed by atoms with Gasteiger partial charge in [-0.05, 0) is 36.4 Å². The average Bonchev–Trinajstić information content (AvgIpc) is 2.85. The van der Waals surface area contributed by atoms with Crippen LogP contribution >= 0.6 is 0 Å². The van der Waals surface area contributed by atoms with Crippen molar-refractivity contribution in [2.75, 3.05) is 42.9 Å². The number of carbonyl (C=O) groups excluding carboxylic acids is 2. The lowest BCUT2D eigenvalue weighted by Gasteiger charge is -2.40. The molecule has 3 aromatic carbocycles. The number of hydrogen-bond acceptors (Lipinski definition) is 6. The number of amides is 1. The maximum absolute atomic E-state index is 13.5. The number of piperazine rings is 1. The topological polar surface area (TPSA) is 98.9 Å². The van der Waals surface area contributed by atoms with E-state index in [-0.39, 0.29) is 11.5 Å². The van der Waals surface area contributed by atoms with E-state index >= 15 is 0 Å². The number of nitrogens with one attached hydrogen (secondary N) is 1. The first kappa shape index (κ1) is 22.4. The Kier molecular flexibility index (Phi) is 6.90. The molecular formula is C26H28N4O3. The largest absolute Gasteiger partial charge is 0.508 e. The van der Waals surface area contributed by atoms with Gasteiger partial charge in [-0.2, -0.15) is 0 Å². The normalized spacial score (nSPS) is 15.1. The van der Waals surface area contributed by atoms with Crippen molar-refractivity contribution in [1.82, 2.24) is 4.90 Å². The maximum Gasteiger partial charge on any atom is 0.250 e. The number of primary amides is 1. The molecule has 4 rings (SSSR count). The lowest BCUT2D eigenvalue weighted by molar-refractivity contribution is 0.0822. The molecule has 33 heavy (non-hydrogen) atoms. The number of Topliss-reactive ketones (excluding diaryl/α,β-unsaturated/α-hetero) is 1.